The molecule has 1 heterocycles. The maximum Gasteiger partial charge on any atom is 0.267 e. The molecular formula is C19H18FN3OS. The van der Waals surface area contributed by atoms with Gasteiger partial charge in [-0.15, -0.1) is 0 Å². The Bertz CT molecular complexity index is 936. The van der Waals surface area contributed by atoms with Gasteiger partial charge in [-0.1, -0.05) is 23.5 Å². The lowest BCUT2D eigenvalue weighted by molar-refractivity contribution is 0.103. The van der Waals surface area contributed by atoms with Crippen molar-refractivity contribution < 1.29 is 9.18 Å². The van der Waals surface area contributed by atoms with Gasteiger partial charge in [0.25, 0.3) is 5.91 Å². The second kappa shape index (κ2) is 7.03. The van der Waals surface area contributed by atoms with Crippen LogP contribution in [0.2, 0.25) is 0 Å². The van der Waals surface area contributed by atoms with E-state index in [2.05, 4.69) is 15.6 Å². The van der Waals surface area contributed by atoms with Gasteiger partial charge in [-0.05, 0) is 62.2 Å². The zero-order chi connectivity index (χ0) is 18.0. The summed E-state index contributed by atoms with van der Waals surface area (Å²) in [5.41, 5.74) is 4.27. The average molecular weight is 355 g/mol. The maximum atomic E-state index is 13.3. The molecule has 128 valence electrons. The molecule has 1 amide bonds. The van der Waals surface area contributed by atoms with E-state index in [1.807, 2.05) is 32.0 Å². The molecule has 2 N–H and O–H groups in total. The molecule has 0 aliphatic rings. The van der Waals surface area contributed by atoms with E-state index in [1.54, 1.807) is 19.1 Å². The Kier molecular flexibility index (Phi) is 4.81. The van der Waals surface area contributed by atoms with Crippen molar-refractivity contribution >= 4 is 33.8 Å². The minimum absolute atomic E-state index is 0.203. The number of nitrogens with zero attached hydrogens (tertiary/aromatic N) is 1. The Balaban J connectivity index is 1.77. The summed E-state index contributed by atoms with van der Waals surface area (Å²) < 4.78 is 13.3. The van der Waals surface area contributed by atoms with Gasteiger partial charge in [0.2, 0.25) is 0 Å². The summed E-state index contributed by atoms with van der Waals surface area (Å²) in [5.74, 6) is -0.531. The molecule has 0 aliphatic carbocycles. The topological polar surface area (TPSA) is 54.0 Å². The van der Waals surface area contributed by atoms with Gasteiger partial charge in [0.15, 0.2) is 5.13 Å². The highest BCUT2D eigenvalue weighted by Gasteiger charge is 2.16. The van der Waals surface area contributed by atoms with Crippen molar-refractivity contribution in [2.24, 2.45) is 0 Å². The predicted molar refractivity (Wildman–Crippen MR) is 100 cm³/mol. The monoisotopic (exact) mass is 355 g/mol. The number of thiazole rings is 1. The van der Waals surface area contributed by atoms with Crippen molar-refractivity contribution in [2.75, 3.05) is 10.6 Å². The molecule has 1 aromatic heterocycles. The molecule has 0 fully saturated rings. The van der Waals surface area contributed by atoms with Crippen molar-refractivity contribution in [2.45, 2.75) is 20.8 Å². The number of aryl methyl sites for hydroxylation is 3. The second-order valence-corrected chi connectivity index (χ2v) is 6.82. The van der Waals surface area contributed by atoms with Gasteiger partial charge in [-0.2, -0.15) is 0 Å². The molecule has 4 nitrogen and oxygen atoms in total. The first kappa shape index (κ1) is 17.1. The van der Waals surface area contributed by atoms with Gasteiger partial charge in [0.1, 0.15) is 10.7 Å². The normalized spacial score (nSPS) is 10.6. The van der Waals surface area contributed by atoms with E-state index in [4.69, 9.17) is 0 Å². The number of nitrogens with one attached hydrogen (secondary N) is 2. The quantitative estimate of drug-likeness (QED) is 0.676. The van der Waals surface area contributed by atoms with E-state index >= 15 is 0 Å². The summed E-state index contributed by atoms with van der Waals surface area (Å²) in [6, 6.07) is 11.9. The number of anilines is 3. The van der Waals surface area contributed by atoms with Crippen molar-refractivity contribution in [3.05, 3.63) is 70.0 Å². The first-order valence-corrected chi connectivity index (χ1v) is 8.62. The molecule has 6 heteroatoms. The third-order valence-electron chi connectivity index (χ3n) is 3.84. The molecule has 0 atom stereocenters. The highest BCUT2D eigenvalue weighted by molar-refractivity contribution is 7.17. The van der Waals surface area contributed by atoms with Gasteiger partial charge in [0.05, 0.1) is 5.69 Å². The Morgan fingerprint density at radius 1 is 1.04 bits per heavy atom. The maximum absolute atomic E-state index is 13.3. The van der Waals surface area contributed by atoms with Crippen LogP contribution in [-0.4, -0.2) is 10.9 Å². The summed E-state index contributed by atoms with van der Waals surface area (Å²) >= 11 is 1.24. The van der Waals surface area contributed by atoms with Crippen molar-refractivity contribution in [1.82, 2.24) is 4.98 Å². The van der Waals surface area contributed by atoms with E-state index < -0.39 is 0 Å². The van der Waals surface area contributed by atoms with Crippen LogP contribution in [-0.2, 0) is 0 Å². The Hall–Kier alpha value is -2.73. The fourth-order valence-electron chi connectivity index (χ4n) is 2.36. The molecule has 0 saturated heterocycles. The van der Waals surface area contributed by atoms with Gasteiger partial charge < -0.3 is 10.6 Å². The van der Waals surface area contributed by atoms with Crippen LogP contribution in [0.5, 0.6) is 0 Å². The Morgan fingerprint density at radius 3 is 2.56 bits per heavy atom. The number of aromatic nitrogens is 1. The van der Waals surface area contributed by atoms with Crippen LogP contribution in [0.25, 0.3) is 0 Å². The third kappa shape index (κ3) is 4.03. The summed E-state index contributed by atoms with van der Waals surface area (Å²) in [6.45, 7) is 5.81. The molecule has 0 spiro atoms. The fourth-order valence-corrected chi connectivity index (χ4v) is 3.24. The minimum atomic E-state index is -0.328. The number of benzene rings is 2. The van der Waals surface area contributed by atoms with Crippen LogP contribution in [0.1, 0.15) is 26.5 Å². The molecule has 25 heavy (non-hydrogen) atoms. The van der Waals surface area contributed by atoms with Crippen molar-refractivity contribution in [1.29, 1.82) is 0 Å². The zero-order valence-corrected chi connectivity index (χ0v) is 15.0. The van der Waals surface area contributed by atoms with Crippen molar-refractivity contribution in [3.8, 4) is 0 Å². The summed E-state index contributed by atoms with van der Waals surface area (Å²) in [7, 11) is 0. The molecule has 0 unspecified atom stereocenters. The van der Waals surface area contributed by atoms with Crippen LogP contribution in [0.15, 0.2) is 42.5 Å². The number of carbonyl (C=O) groups is 1. The van der Waals surface area contributed by atoms with Crippen LogP contribution in [0, 0.1) is 26.6 Å². The highest BCUT2D eigenvalue weighted by Crippen LogP contribution is 2.27. The molecular weight excluding hydrogens is 337 g/mol. The van der Waals surface area contributed by atoms with Crippen LogP contribution in [0.3, 0.4) is 0 Å². The van der Waals surface area contributed by atoms with E-state index in [-0.39, 0.29) is 11.7 Å². The molecule has 2 aromatic carbocycles. The average Bonchev–Trinajstić information content (AvgIpc) is 2.91. The van der Waals surface area contributed by atoms with Crippen molar-refractivity contribution in [3.63, 3.8) is 0 Å². The second-order valence-electron chi connectivity index (χ2n) is 5.82. The lowest BCUT2D eigenvalue weighted by atomic mass is 10.1. The number of hydrogen-bond acceptors (Lipinski definition) is 4. The van der Waals surface area contributed by atoms with Gasteiger partial charge >= 0.3 is 0 Å². The number of hydrogen-bond donors (Lipinski definition) is 2. The molecule has 0 bridgehead atoms. The summed E-state index contributed by atoms with van der Waals surface area (Å²) in [4.78, 5) is 17.4. The van der Waals surface area contributed by atoms with E-state index in [1.165, 1.54) is 29.0 Å². The minimum Gasteiger partial charge on any atom is -0.331 e. The molecule has 0 radical (unpaired) electrons. The largest absolute Gasteiger partial charge is 0.331 e. The first-order chi connectivity index (χ1) is 11.9. The number of halogens is 1. The summed E-state index contributed by atoms with van der Waals surface area (Å²) in [6.07, 6.45) is 0. The van der Waals surface area contributed by atoms with E-state index in [0.717, 1.165) is 11.3 Å². The predicted octanol–water partition coefficient (Wildman–Crippen LogP) is 5.20. The number of amides is 1. The smallest absolute Gasteiger partial charge is 0.267 e. The fraction of sp³-hybridized carbons (Fsp3) is 0.158. The highest BCUT2D eigenvalue weighted by atomic mass is 32.1. The summed E-state index contributed by atoms with van der Waals surface area (Å²) in [5, 5.41) is 6.48. The first-order valence-electron chi connectivity index (χ1n) is 7.81. The van der Waals surface area contributed by atoms with Crippen LogP contribution >= 0.6 is 11.3 Å². The standard InChI is InChI=1S/C19H18FN3OS/c1-11-7-8-16(9-12(11)2)22-18(24)17-13(3)21-19(25-17)23-15-6-4-5-14(20)10-15/h4-10H,1-3H3,(H,21,23)(H,22,24). The number of rotatable bonds is 4. The molecule has 0 aliphatic heterocycles. The third-order valence-corrected chi connectivity index (χ3v) is 4.92. The van der Waals surface area contributed by atoms with E-state index in [0.29, 0.717) is 21.4 Å². The van der Waals surface area contributed by atoms with Gasteiger partial charge in [0, 0.05) is 11.4 Å². The Morgan fingerprint density at radius 2 is 1.84 bits per heavy atom. The van der Waals surface area contributed by atoms with Gasteiger partial charge in [-0.25, -0.2) is 9.37 Å². The molecule has 0 saturated carbocycles. The SMILES string of the molecule is Cc1ccc(NC(=O)c2sc(Nc3cccc(F)c3)nc2C)cc1C. The molecule has 3 rings (SSSR count). The lowest BCUT2D eigenvalue weighted by Crippen LogP contribution is -2.11. The van der Waals surface area contributed by atoms with Crippen LogP contribution in [0.4, 0.5) is 20.9 Å². The lowest BCUT2D eigenvalue weighted by Gasteiger charge is -2.06. The zero-order valence-electron chi connectivity index (χ0n) is 14.2. The van der Waals surface area contributed by atoms with Crippen LogP contribution < -0.4 is 10.6 Å². The number of carbonyl (C=O) groups excluding carboxylic acids is 1. The molecule has 3 aromatic rings. The Labute approximate surface area is 149 Å². The van der Waals surface area contributed by atoms with E-state index in [9.17, 15) is 9.18 Å². The van der Waals surface area contributed by atoms with Gasteiger partial charge in [-0.3, -0.25) is 4.79 Å².